The molecule has 0 aliphatic carbocycles. The highest BCUT2D eigenvalue weighted by atomic mass is 35.5. The van der Waals surface area contributed by atoms with Crippen molar-refractivity contribution in [3.05, 3.63) is 59.4 Å². The lowest BCUT2D eigenvalue weighted by Gasteiger charge is -2.08. The van der Waals surface area contributed by atoms with Crippen LogP contribution in [-0.4, -0.2) is 16.3 Å². The molecule has 0 fully saturated rings. The Bertz CT molecular complexity index is 772. The molecule has 0 saturated heterocycles. The molecule has 1 heterocycles. The molecular formula is C15H9ClN2O2. The second-order valence-electron chi connectivity index (χ2n) is 4.11. The second-order valence-corrected chi connectivity index (χ2v) is 4.52. The summed E-state index contributed by atoms with van der Waals surface area (Å²) in [5.74, 6) is 0.615. The van der Waals surface area contributed by atoms with Crippen molar-refractivity contribution in [2.75, 3.05) is 0 Å². The van der Waals surface area contributed by atoms with E-state index >= 15 is 0 Å². The summed E-state index contributed by atoms with van der Waals surface area (Å²) < 4.78 is 5.65. The zero-order valence-electron chi connectivity index (χ0n) is 10.3. The quantitative estimate of drug-likeness (QED) is 0.685. The molecule has 0 N–H and O–H groups in total. The van der Waals surface area contributed by atoms with E-state index in [1.165, 1.54) is 12.4 Å². The van der Waals surface area contributed by atoms with Crippen LogP contribution in [0.3, 0.4) is 0 Å². The normalized spacial score (nSPS) is 10.4. The van der Waals surface area contributed by atoms with E-state index < -0.39 is 0 Å². The molecule has 4 nitrogen and oxygen atoms in total. The van der Waals surface area contributed by atoms with Gasteiger partial charge >= 0.3 is 6.01 Å². The molecule has 1 aromatic heterocycles. The van der Waals surface area contributed by atoms with Gasteiger partial charge in [-0.15, -0.1) is 0 Å². The third-order valence-corrected chi connectivity index (χ3v) is 3.15. The predicted octanol–water partition coefficient (Wildman–Crippen LogP) is 3.89. The van der Waals surface area contributed by atoms with E-state index in [1.807, 2.05) is 24.3 Å². The fourth-order valence-electron chi connectivity index (χ4n) is 1.86. The predicted molar refractivity (Wildman–Crippen MR) is 76.5 cm³/mol. The van der Waals surface area contributed by atoms with E-state index in [9.17, 15) is 4.79 Å². The second kappa shape index (κ2) is 5.27. The first-order valence-electron chi connectivity index (χ1n) is 5.90. The first-order chi connectivity index (χ1) is 9.78. The summed E-state index contributed by atoms with van der Waals surface area (Å²) in [6.45, 7) is 0. The van der Waals surface area contributed by atoms with Gasteiger partial charge in [-0.3, -0.25) is 4.79 Å². The minimum Gasteiger partial charge on any atom is -0.424 e. The maximum absolute atomic E-state index is 10.6. The number of carbonyl (C=O) groups excluding carboxylic acids is 1. The van der Waals surface area contributed by atoms with Gasteiger partial charge in [-0.25, -0.2) is 9.97 Å². The van der Waals surface area contributed by atoms with Crippen LogP contribution in [0.5, 0.6) is 11.8 Å². The summed E-state index contributed by atoms with van der Waals surface area (Å²) in [7, 11) is 0. The molecule has 0 unspecified atom stereocenters. The number of benzene rings is 2. The van der Waals surface area contributed by atoms with Crippen molar-refractivity contribution in [3.63, 3.8) is 0 Å². The fourth-order valence-corrected chi connectivity index (χ4v) is 2.09. The van der Waals surface area contributed by atoms with Gasteiger partial charge in [0.2, 0.25) is 0 Å². The molecule has 0 aliphatic heterocycles. The van der Waals surface area contributed by atoms with Crippen LogP contribution in [0, 0.1) is 0 Å². The fraction of sp³-hybridized carbons (Fsp3) is 0. The first-order valence-corrected chi connectivity index (χ1v) is 6.28. The first kappa shape index (κ1) is 12.6. The Morgan fingerprint density at radius 2 is 1.70 bits per heavy atom. The zero-order valence-corrected chi connectivity index (χ0v) is 11.0. The molecule has 98 valence electrons. The highest BCUT2D eigenvalue weighted by molar-refractivity contribution is 6.35. The van der Waals surface area contributed by atoms with Crippen molar-refractivity contribution in [3.8, 4) is 11.8 Å². The number of ether oxygens (including phenoxy) is 1. The standard InChI is InChI=1S/C15H9ClN2O2/c16-13-5-6-14(12-4-2-1-3-11(12)13)20-15-17-7-10(9-19)8-18-15/h1-9H. The Morgan fingerprint density at radius 3 is 2.40 bits per heavy atom. The minimum absolute atomic E-state index is 0.183. The maximum Gasteiger partial charge on any atom is 0.321 e. The highest BCUT2D eigenvalue weighted by Crippen LogP contribution is 2.32. The largest absolute Gasteiger partial charge is 0.424 e. The van der Waals surface area contributed by atoms with Crippen molar-refractivity contribution in [1.29, 1.82) is 0 Å². The van der Waals surface area contributed by atoms with Crippen LogP contribution in [-0.2, 0) is 0 Å². The summed E-state index contributed by atoms with van der Waals surface area (Å²) in [6.07, 6.45) is 3.50. The van der Waals surface area contributed by atoms with Crippen LogP contribution in [0.2, 0.25) is 5.02 Å². The van der Waals surface area contributed by atoms with Gasteiger partial charge < -0.3 is 4.74 Å². The number of fused-ring (bicyclic) bond motifs is 1. The third-order valence-electron chi connectivity index (χ3n) is 2.82. The van der Waals surface area contributed by atoms with Gasteiger partial charge in [0, 0.05) is 28.2 Å². The lowest BCUT2D eigenvalue weighted by atomic mass is 10.1. The molecule has 0 saturated carbocycles. The van der Waals surface area contributed by atoms with Crippen LogP contribution < -0.4 is 4.74 Å². The molecule has 0 spiro atoms. The van der Waals surface area contributed by atoms with Gasteiger partial charge in [-0.05, 0) is 12.1 Å². The Balaban J connectivity index is 2.02. The number of carbonyl (C=O) groups is 1. The van der Waals surface area contributed by atoms with Gasteiger partial charge in [0.15, 0.2) is 6.29 Å². The average molecular weight is 285 g/mol. The van der Waals surface area contributed by atoms with Crippen LogP contribution >= 0.6 is 11.6 Å². The van der Waals surface area contributed by atoms with E-state index in [1.54, 1.807) is 12.1 Å². The van der Waals surface area contributed by atoms with E-state index in [2.05, 4.69) is 9.97 Å². The monoisotopic (exact) mass is 284 g/mol. The van der Waals surface area contributed by atoms with Crippen LogP contribution in [0.15, 0.2) is 48.8 Å². The van der Waals surface area contributed by atoms with E-state index in [4.69, 9.17) is 16.3 Å². The molecule has 20 heavy (non-hydrogen) atoms. The molecule has 3 aromatic rings. The Morgan fingerprint density at radius 1 is 1.00 bits per heavy atom. The van der Waals surface area contributed by atoms with Crippen molar-refractivity contribution < 1.29 is 9.53 Å². The maximum atomic E-state index is 10.6. The SMILES string of the molecule is O=Cc1cnc(Oc2ccc(Cl)c3ccccc23)nc1. The van der Waals surface area contributed by atoms with Crippen LogP contribution in [0.1, 0.15) is 10.4 Å². The number of hydrogen-bond acceptors (Lipinski definition) is 4. The number of hydrogen-bond donors (Lipinski definition) is 0. The zero-order chi connectivity index (χ0) is 13.9. The smallest absolute Gasteiger partial charge is 0.321 e. The van der Waals surface area contributed by atoms with E-state index in [0.717, 1.165) is 10.8 Å². The van der Waals surface area contributed by atoms with Crippen LogP contribution in [0.4, 0.5) is 0 Å². The van der Waals surface area contributed by atoms with Crippen molar-refractivity contribution in [2.45, 2.75) is 0 Å². The number of aromatic nitrogens is 2. The Kier molecular flexibility index (Phi) is 3.31. The highest BCUT2D eigenvalue weighted by Gasteiger charge is 2.07. The Labute approximate surface area is 120 Å². The molecule has 3 rings (SSSR count). The van der Waals surface area contributed by atoms with E-state index in [-0.39, 0.29) is 6.01 Å². The lowest BCUT2D eigenvalue weighted by molar-refractivity contribution is 0.112. The molecule has 0 bridgehead atoms. The van der Waals surface area contributed by atoms with Crippen molar-refractivity contribution in [2.24, 2.45) is 0 Å². The minimum atomic E-state index is 0.183. The Hall–Kier alpha value is -2.46. The number of halogens is 1. The third kappa shape index (κ3) is 2.33. The summed E-state index contributed by atoms with van der Waals surface area (Å²) >= 11 is 6.15. The molecule has 0 aliphatic rings. The average Bonchev–Trinajstić information content (AvgIpc) is 2.51. The molecule has 2 aromatic carbocycles. The van der Waals surface area contributed by atoms with Crippen molar-refractivity contribution in [1.82, 2.24) is 9.97 Å². The van der Waals surface area contributed by atoms with Gasteiger partial charge in [0.1, 0.15) is 5.75 Å². The van der Waals surface area contributed by atoms with Gasteiger partial charge in [-0.1, -0.05) is 35.9 Å². The topological polar surface area (TPSA) is 52.1 Å². The number of nitrogens with zero attached hydrogens (tertiary/aromatic N) is 2. The summed E-state index contributed by atoms with van der Waals surface area (Å²) in [6, 6.07) is 11.4. The summed E-state index contributed by atoms with van der Waals surface area (Å²) in [4.78, 5) is 18.5. The molecule has 0 amide bonds. The summed E-state index contributed by atoms with van der Waals surface area (Å²) in [5, 5.41) is 2.43. The van der Waals surface area contributed by atoms with Crippen LogP contribution in [0.25, 0.3) is 10.8 Å². The molecule has 0 radical (unpaired) electrons. The van der Waals surface area contributed by atoms with Gasteiger partial charge in [0.25, 0.3) is 0 Å². The van der Waals surface area contributed by atoms with Gasteiger partial charge in [-0.2, -0.15) is 0 Å². The number of rotatable bonds is 3. The summed E-state index contributed by atoms with van der Waals surface area (Å²) in [5.41, 5.74) is 0.401. The molecular weight excluding hydrogens is 276 g/mol. The van der Waals surface area contributed by atoms with Crippen molar-refractivity contribution >= 4 is 28.7 Å². The molecule has 0 atom stereocenters. The van der Waals surface area contributed by atoms with Gasteiger partial charge in [0.05, 0.1) is 5.56 Å². The lowest BCUT2D eigenvalue weighted by Crippen LogP contribution is -1.94. The molecule has 5 heteroatoms. The number of aldehydes is 1. The van der Waals surface area contributed by atoms with E-state index in [0.29, 0.717) is 22.6 Å².